The molecule has 1 heterocycles. The third kappa shape index (κ3) is 4.50. The molecule has 23 heavy (non-hydrogen) atoms. The number of carbonyl (C=O) groups excluding carboxylic acids is 1. The van der Waals surface area contributed by atoms with Gasteiger partial charge in [0, 0.05) is 17.0 Å². The van der Waals surface area contributed by atoms with Crippen LogP contribution in [0, 0.1) is 17.0 Å². The van der Waals surface area contributed by atoms with Crippen LogP contribution < -0.4 is 4.74 Å². The van der Waals surface area contributed by atoms with E-state index in [2.05, 4.69) is 0 Å². The fourth-order valence-electron chi connectivity index (χ4n) is 2.03. The molecule has 0 unspecified atom stereocenters. The van der Waals surface area contributed by atoms with Crippen molar-refractivity contribution in [2.75, 3.05) is 0 Å². The van der Waals surface area contributed by atoms with Gasteiger partial charge in [-0.1, -0.05) is 37.3 Å². The summed E-state index contributed by atoms with van der Waals surface area (Å²) in [5, 5.41) is 10.7. The lowest BCUT2D eigenvalue weighted by atomic mass is 10.0. The Kier molecular flexibility index (Phi) is 5.28. The number of aryl methyl sites for hydroxylation is 1. The first-order valence-electron chi connectivity index (χ1n) is 7.11. The monoisotopic (exact) mass is 331 g/mol. The van der Waals surface area contributed by atoms with Crippen molar-refractivity contribution >= 4 is 28.4 Å². The van der Waals surface area contributed by atoms with E-state index in [1.54, 1.807) is 6.07 Å². The number of ether oxygens (including phenoxy) is 1. The molecule has 1 aromatic carbocycles. The number of benzene rings is 1. The predicted molar refractivity (Wildman–Crippen MR) is 90.9 cm³/mol. The van der Waals surface area contributed by atoms with Crippen molar-refractivity contribution in [2.45, 2.75) is 26.7 Å². The van der Waals surface area contributed by atoms with E-state index in [0.717, 1.165) is 22.5 Å². The molecule has 0 N–H and O–H groups in total. The molecule has 0 aliphatic heterocycles. The van der Waals surface area contributed by atoms with Gasteiger partial charge in [-0.2, -0.15) is 0 Å². The number of esters is 1. The molecule has 0 saturated carbocycles. The van der Waals surface area contributed by atoms with Crippen LogP contribution in [0.4, 0.5) is 5.00 Å². The molecule has 2 rings (SSSR count). The highest BCUT2D eigenvalue weighted by atomic mass is 32.1. The zero-order valence-electron chi connectivity index (χ0n) is 13.1. The Morgan fingerprint density at radius 2 is 2.04 bits per heavy atom. The minimum absolute atomic E-state index is 0.0406. The van der Waals surface area contributed by atoms with E-state index in [4.69, 9.17) is 4.74 Å². The molecule has 0 fully saturated rings. The third-order valence-corrected chi connectivity index (χ3v) is 4.18. The minimum Gasteiger partial charge on any atom is -0.423 e. The Bertz CT molecular complexity index is 762. The Morgan fingerprint density at radius 3 is 2.65 bits per heavy atom. The molecule has 0 amide bonds. The fourth-order valence-corrected chi connectivity index (χ4v) is 2.75. The summed E-state index contributed by atoms with van der Waals surface area (Å²) < 4.78 is 5.41. The largest absolute Gasteiger partial charge is 0.423 e. The van der Waals surface area contributed by atoms with E-state index in [0.29, 0.717) is 10.6 Å². The van der Waals surface area contributed by atoms with Crippen LogP contribution in [0.5, 0.6) is 5.75 Å². The molecule has 5 nitrogen and oxygen atoms in total. The number of thiophene rings is 1. The third-order valence-electron chi connectivity index (χ3n) is 3.18. The average molecular weight is 331 g/mol. The van der Waals surface area contributed by atoms with Crippen LogP contribution in [0.2, 0.25) is 0 Å². The molecule has 1 aromatic heterocycles. The van der Waals surface area contributed by atoms with Gasteiger partial charge in [0.1, 0.15) is 5.75 Å². The summed E-state index contributed by atoms with van der Waals surface area (Å²) in [6, 6.07) is 8.77. The van der Waals surface area contributed by atoms with E-state index in [9.17, 15) is 14.9 Å². The smallest absolute Gasteiger partial charge is 0.336 e. The van der Waals surface area contributed by atoms with E-state index >= 15 is 0 Å². The average Bonchev–Trinajstić information content (AvgIpc) is 2.94. The number of carbonyl (C=O) groups is 1. The van der Waals surface area contributed by atoms with E-state index in [-0.39, 0.29) is 10.9 Å². The van der Waals surface area contributed by atoms with Gasteiger partial charge >= 0.3 is 11.0 Å². The summed E-state index contributed by atoms with van der Waals surface area (Å²) >= 11 is 1.01. The number of rotatable bonds is 5. The molecular weight excluding hydrogens is 314 g/mol. The summed E-state index contributed by atoms with van der Waals surface area (Å²) in [5.41, 5.74) is 1.97. The minimum atomic E-state index is -0.506. The van der Waals surface area contributed by atoms with Crippen molar-refractivity contribution < 1.29 is 14.5 Å². The Balaban J connectivity index is 2.11. The van der Waals surface area contributed by atoms with Gasteiger partial charge in [-0.05, 0) is 42.2 Å². The predicted octanol–water partition coefficient (Wildman–Crippen LogP) is 4.71. The molecule has 2 aromatic rings. The van der Waals surface area contributed by atoms with Gasteiger partial charge in [0.2, 0.25) is 0 Å². The van der Waals surface area contributed by atoms with Gasteiger partial charge in [-0.15, -0.1) is 0 Å². The van der Waals surface area contributed by atoms with Gasteiger partial charge in [0.15, 0.2) is 0 Å². The van der Waals surface area contributed by atoms with Crippen molar-refractivity contribution in [3.8, 4) is 5.75 Å². The molecule has 6 heteroatoms. The van der Waals surface area contributed by atoms with Crippen LogP contribution in [-0.4, -0.2) is 10.9 Å². The van der Waals surface area contributed by atoms with Gasteiger partial charge < -0.3 is 4.74 Å². The zero-order chi connectivity index (χ0) is 17.0. The highest BCUT2D eigenvalue weighted by Crippen LogP contribution is 2.28. The standard InChI is InChI=1S/C17H17NO4S/c1-11(2)14-7-4-12(3)10-15(14)22-17(19)9-6-13-5-8-16(23-13)18(20)21/h4-11H,1-3H3. The molecular formula is C17H17NO4S. The van der Waals surface area contributed by atoms with Gasteiger partial charge in [0.25, 0.3) is 0 Å². The van der Waals surface area contributed by atoms with Crippen molar-refractivity contribution in [1.82, 2.24) is 0 Å². The molecule has 120 valence electrons. The maximum Gasteiger partial charge on any atom is 0.336 e. The van der Waals surface area contributed by atoms with Crippen LogP contribution in [0.25, 0.3) is 6.08 Å². The molecule has 0 atom stereocenters. The second kappa shape index (κ2) is 7.19. The molecule has 0 saturated heterocycles. The Hall–Kier alpha value is -2.47. The highest BCUT2D eigenvalue weighted by molar-refractivity contribution is 7.16. The van der Waals surface area contributed by atoms with Crippen LogP contribution in [0.15, 0.2) is 36.4 Å². The first-order valence-corrected chi connectivity index (χ1v) is 7.93. The number of nitrogens with zero attached hydrogens (tertiary/aromatic N) is 1. The van der Waals surface area contributed by atoms with Crippen LogP contribution in [0.3, 0.4) is 0 Å². The first-order chi connectivity index (χ1) is 10.9. The summed E-state index contributed by atoms with van der Waals surface area (Å²) in [6.45, 7) is 5.99. The molecule has 0 radical (unpaired) electrons. The lowest BCUT2D eigenvalue weighted by Gasteiger charge is -2.12. The molecule has 0 spiro atoms. The van der Waals surface area contributed by atoms with Crippen LogP contribution in [-0.2, 0) is 4.79 Å². The highest BCUT2D eigenvalue weighted by Gasteiger charge is 2.11. The van der Waals surface area contributed by atoms with Gasteiger partial charge in [-0.25, -0.2) is 4.79 Å². The van der Waals surface area contributed by atoms with Gasteiger partial charge in [0.05, 0.1) is 4.92 Å². The van der Waals surface area contributed by atoms with Crippen molar-refractivity contribution in [3.05, 3.63) is 62.5 Å². The maximum atomic E-state index is 12.0. The van der Waals surface area contributed by atoms with Gasteiger partial charge in [-0.3, -0.25) is 10.1 Å². The van der Waals surface area contributed by atoms with E-state index in [1.165, 1.54) is 18.2 Å². The van der Waals surface area contributed by atoms with E-state index in [1.807, 2.05) is 39.0 Å². The quantitative estimate of drug-likeness (QED) is 0.262. The van der Waals surface area contributed by atoms with E-state index < -0.39 is 10.9 Å². The Labute approximate surface area is 138 Å². The number of hydrogen-bond donors (Lipinski definition) is 0. The molecule has 0 bridgehead atoms. The summed E-state index contributed by atoms with van der Waals surface area (Å²) in [6.07, 6.45) is 2.80. The lowest BCUT2D eigenvalue weighted by Crippen LogP contribution is -2.06. The first kappa shape index (κ1) is 16.9. The van der Waals surface area contributed by atoms with Crippen molar-refractivity contribution in [2.24, 2.45) is 0 Å². The number of nitro groups is 1. The topological polar surface area (TPSA) is 69.4 Å². The number of hydrogen-bond acceptors (Lipinski definition) is 5. The SMILES string of the molecule is Cc1ccc(C(C)C)c(OC(=O)C=Cc2ccc([N+](=O)[O-])s2)c1. The second-order valence-electron chi connectivity index (χ2n) is 5.38. The Morgan fingerprint density at radius 1 is 1.30 bits per heavy atom. The summed E-state index contributed by atoms with van der Waals surface area (Å²) in [5.74, 6) is 0.280. The summed E-state index contributed by atoms with van der Waals surface area (Å²) in [4.78, 5) is 22.8. The lowest BCUT2D eigenvalue weighted by molar-refractivity contribution is -0.380. The zero-order valence-corrected chi connectivity index (χ0v) is 13.9. The van der Waals surface area contributed by atoms with Crippen LogP contribution in [0.1, 0.15) is 35.8 Å². The summed E-state index contributed by atoms with van der Waals surface area (Å²) in [7, 11) is 0. The van der Waals surface area contributed by atoms with Crippen molar-refractivity contribution in [3.63, 3.8) is 0 Å². The van der Waals surface area contributed by atoms with Crippen molar-refractivity contribution in [1.29, 1.82) is 0 Å². The van der Waals surface area contributed by atoms with Crippen LogP contribution >= 0.6 is 11.3 Å². The normalized spacial score (nSPS) is 11.1. The molecule has 0 aliphatic rings. The molecule has 0 aliphatic carbocycles. The fraction of sp³-hybridized carbons (Fsp3) is 0.235. The second-order valence-corrected chi connectivity index (χ2v) is 6.48. The maximum absolute atomic E-state index is 12.0.